The quantitative estimate of drug-likeness (QED) is 0.847. The van der Waals surface area contributed by atoms with Gasteiger partial charge in [-0.2, -0.15) is 0 Å². The second kappa shape index (κ2) is 4.79. The smallest absolute Gasteiger partial charge is 0.0624 e. The summed E-state index contributed by atoms with van der Waals surface area (Å²) in [4.78, 5) is 0. The highest BCUT2D eigenvalue weighted by atomic mass is 16.5. The molecule has 1 aliphatic heterocycles. The van der Waals surface area contributed by atoms with Crippen LogP contribution in [0.25, 0.3) is 0 Å². The number of aliphatic hydroxyl groups excluding tert-OH is 1. The first kappa shape index (κ1) is 11.2. The number of rotatable bonds is 2. The van der Waals surface area contributed by atoms with Crippen molar-refractivity contribution in [2.45, 2.75) is 31.8 Å². The summed E-state index contributed by atoms with van der Waals surface area (Å²) in [7, 11) is 0. The number of hydrogen-bond acceptors (Lipinski definition) is 2. The van der Waals surface area contributed by atoms with Gasteiger partial charge in [0.2, 0.25) is 0 Å². The molecular formula is C15H20O2. The standard InChI is InChI=1S/C15H20O2/c16-15(13-6-3-7-17-10-13)14-8-11-4-1-2-5-12(11)9-14/h1-2,4-5,13-16H,3,6-10H2. The molecule has 17 heavy (non-hydrogen) atoms. The number of fused-ring (bicyclic) bond motifs is 1. The molecule has 2 aliphatic rings. The maximum absolute atomic E-state index is 10.5. The summed E-state index contributed by atoms with van der Waals surface area (Å²) in [5, 5.41) is 10.5. The number of aliphatic hydroxyl groups is 1. The summed E-state index contributed by atoms with van der Waals surface area (Å²) in [6, 6.07) is 8.58. The van der Waals surface area contributed by atoms with Crippen LogP contribution >= 0.6 is 0 Å². The highest BCUT2D eigenvalue weighted by Gasteiger charge is 2.33. The fourth-order valence-electron chi connectivity index (χ4n) is 3.25. The Kier molecular flexibility index (Phi) is 3.17. The molecule has 1 heterocycles. The Hall–Kier alpha value is -0.860. The van der Waals surface area contributed by atoms with E-state index in [1.165, 1.54) is 11.1 Å². The van der Waals surface area contributed by atoms with E-state index in [0.29, 0.717) is 11.8 Å². The Balaban J connectivity index is 1.67. The van der Waals surface area contributed by atoms with Gasteiger partial charge in [0.05, 0.1) is 12.7 Å². The number of hydrogen-bond donors (Lipinski definition) is 1. The van der Waals surface area contributed by atoms with E-state index < -0.39 is 0 Å². The molecule has 0 saturated carbocycles. The zero-order chi connectivity index (χ0) is 11.7. The van der Waals surface area contributed by atoms with Crippen molar-refractivity contribution in [3.63, 3.8) is 0 Å². The van der Waals surface area contributed by atoms with E-state index in [9.17, 15) is 5.11 Å². The Morgan fingerprint density at radius 1 is 1.12 bits per heavy atom. The summed E-state index contributed by atoms with van der Waals surface area (Å²) in [6.07, 6.45) is 4.10. The third-order valence-electron chi connectivity index (χ3n) is 4.24. The summed E-state index contributed by atoms with van der Waals surface area (Å²) in [5.74, 6) is 0.752. The monoisotopic (exact) mass is 232 g/mol. The molecule has 2 heteroatoms. The van der Waals surface area contributed by atoms with Crippen LogP contribution < -0.4 is 0 Å². The van der Waals surface area contributed by atoms with E-state index in [2.05, 4.69) is 24.3 Å². The van der Waals surface area contributed by atoms with Gasteiger partial charge in [0, 0.05) is 12.5 Å². The molecule has 92 valence electrons. The van der Waals surface area contributed by atoms with Crippen LogP contribution in [-0.4, -0.2) is 24.4 Å². The van der Waals surface area contributed by atoms with Crippen LogP contribution in [0.15, 0.2) is 24.3 Å². The highest BCUT2D eigenvalue weighted by Crippen LogP contribution is 2.33. The average Bonchev–Trinajstić information content (AvgIpc) is 2.82. The Morgan fingerprint density at radius 2 is 1.82 bits per heavy atom. The lowest BCUT2D eigenvalue weighted by molar-refractivity contribution is -0.0311. The largest absolute Gasteiger partial charge is 0.392 e. The van der Waals surface area contributed by atoms with Gasteiger partial charge in [-0.15, -0.1) is 0 Å². The van der Waals surface area contributed by atoms with Gasteiger partial charge < -0.3 is 9.84 Å². The van der Waals surface area contributed by atoms with Crippen LogP contribution in [0.5, 0.6) is 0 Å². The van der Waals surface area contributed by atoms with Crippen molar-refractivity contribution in [2.75, 3.05) is 13.2 Å². The Bertz CT molecular complexity index is 357. The average molecular weight is 232 g/mol. The molecule has 0 amide bonds. The minimum absolute atomic E-state index is 0.192. The first-order valence-corrected chi connectivity index (χ1v) is 6.67. The first-order chi connectivity index (χ1) is 8.34. The molecule has 1 saturated heterocycles. The molecular weight excluding hydrogens is 212 g/mol. The van der Waals surface area contributed by atoms with Crippen LogP contribution in [-0.2, 0) is 17.6 Å². The molecule has 1 fully saturated rings. The Morgan fingerprint density at radius 3 is 2.41 bits per heavy atom. The molecule has 0 bridgehead atoms. The van der Waals surface area contributed by atoms with E-state index in [4.69, 9.17) is 4.74 Å². The van der Waals surface area contributed by atoms with Crippen LogP contribution in [0.3, 0.4) is 0 Å². The van der Waals surface area contributed by atoms with Crippen molar-refractivity contribution in [2.24, 2.45) is 11.8 Å². The van der Waals surface area contributed by atoms with Gasteiger partial charge in [-0.3, -0.25) is 0 Å². The SMILES string of the molecule is OC(C1CCCOC1)C1Cc2ccccc2C1. The summed E-state index contributed by atoms with van der Waals surface area (Å²) in [6.45, 7) is 1.61. The van der Waals surface area contributed by atoms with Crippen molar-refractivity contribution >= 4 is 0 Å². The van der Waals surface area contributed by atoms with Gasteiger partial charge in [0.25, 0.3) is 0 Å². The minimum atomic E-state index is -0.192. The predicted molar refractivity (Wildman–Crippen MR) is 66.9 cm³/mol. The van der Waals surface area contributed by atoms with Gasteiger partial charge in [0.15, 0.2) is 0 Å². The van der Waals surface area contributed by atoms with Crippen molar-refractivity contribution in [3.8, 4) is 0 Å². The van der Waals surface area contributed by atoms with Crippen LogP contribution in [0.1, 0.15) is 24.0 Å². The molecule has 1 aromatic carbocycles. The second-order valence-electron chi connectivity index (χ2n) is 5.40. The lowest BCUT2D eigenvalue weighted by Crippen LogP contribution is -2.35. The van der Waals surface area contributed by atoms with E-state index in [1.54, 1.807) is 0 Å². The topological polar surface area (TPSA) is 29.5 Å². The summed E-state index contributed by atoms with van der Waals surface area (Å²) >= 11 is 0. The highest BCUT2D eigenvalue weighted by molar-refractivity contribution is 5.32. The maximum atomic E-state index is 10.5. The van der Waals surface area contributed by atoms with E-state index in [1.807, 2.05) is 0 Å². The second-order valence-corrected chi connectivity index (χ2v) is 5.40. The molecule has 1 aromatic rings. The lowest BCUT2D eigenvalue weighted by atomic mass is 9.85. The van der Waals surface area contributed by atoms with Crippen molar-refractivity contribution in [1.82, 2.24) is 0 Å². The Labute approximate surface area is 103 Å². The normalized spacial score (nSPS) is 26.8. The first-order valence-electron chi connectivity index (χ1n) is 6.67. The summed E-state index contributed by atoms with van der Waals surface area (Å²) < 4.78 is 5.48. The zero-order valence-corrected chi connectivity index (χ0v) is 10.1. The van der Waals surface area contributed by atoms with E-state index >= 15 is 0 Å². The lowest BCUT2D eigenvalue weighted by Gasteiger charge is -2.30. The van der Waals surface area contributed by atoms with Gasteiger partial charge >= 0.3 is 0 Å². The minimum Gasteiger partial charge on any atom is -0.392 e. The van der Waals surface area contributed by atoms with Gasteiger partial charge in [0.1, 0.15) is 0 Å². The molecule has 0 aromatic heterocycles. The van der Waals surface area contributed by atoms with Crippen LogP contribution in [0.2, 0.25) is 0 Å². The fraction of sp³-hybridized carbons (Fsp3) is 0.600. The predicted octanol–water partition coefficient (Wildman–Crippen LogP) is 2.19. The molecule has 1 N–H and O–H groups in total. The van der Waals surface area contributed by atoms with E-state index in [0.717, 1.165) is 38.9 Å². The van der Waals surface area contributed by atoms with Crippen LogP contribution in [0.4, 0.5) is 0 Å². The van der Waals surface area contributed by atoms with Crippen molar-refractivity contribution in [3.05, 3.63) is 35.4 Å². The molecule has 0 radical (unpaired) electrons. The summed E-state index contributed by atoms with van der Waals surface area (Å²) in [5.41, 5.74) is 2.85. The molecule has 2 atom stereocenters. The fourth-order valence-corrected chi connectivity index (χ4v) is 3.25. The molecule has 1 aliphatic carbocycles. The number of benzene rings is 1. The van der Waals surface area contributed by atoms with Gasteiger partial charge in [-0.05, 0) is 42.7 Å². The molecule has 2 unspecified atom stereocenters. The van der Waals surface area contributed by atoms with Gasteiger partial charge in [-0.25, -0.2) is 0 Å². The van der Waals surface area contributed by atoms with Crippen molar-refractivity contribution in [1.29, 1.82) is 0 Å². The van der Waals surface area contributed by atoms with Gasteiger partial charge in [-0.1, -0.05) is 24.3 Å². The zero-order valence-electron chi connectivity index (χ0n) is 10.1. The van der Waals surface area contributed by atoms with Crippen LogP contribution in [0, 0.1) is 11.8 Å². The molecule has 0 spiro atoms. The third kappa shape index (κ3) is 2.24. The third-order valence-corrected chi connectivity index (χ3v) is 4.24. The maximum Gasteiger partial charge on any atom is 0.0624 e. The van der Waals surface area contributed by atoms with E-state index in [-0.39, 0.29) is 6.10 Å². The molecule has 2 nitrogen and oxygen atoms in total. The number of ether oxygens (including phenoxy) is 1. The molecule has 3 rings (SSSR count). The van der Waals surface area contributed by atoms with Crippen molar-refractivity contribution < 1.29 is 9.84 Å².